The van der Waals surface area contributed by atoms with Gasteiger partial charge in [0.2, 0.25) is 5.89 Å². The molecule has 0 spiro atoms. The van der Waals surface area contributed by atoms with Crippen LogP contribution in [-0.4, -0.2) is 53.7 Å². The molecule has 0 fully saturated rings. The zero-order valence-corrected chi connectivity index (χ0v) is 18.0. The molecule has 0 saturated carbocycles. The molecule has 1 aromatic carbocycles. The highest BCUT2D eigenvalue weighted by atomic mass is 35.5. The molecule has 0 aliphatic rings. The first-order chi connectivity index (χ1) is 13.6. The van der Waals surface area contributed by atoms with Crippen LogP contribution in [0.5, 0.6) is 0 Å². The molecule has 0 aliphatic carbocycles. The van der Waals surface area contributed by atoms with E-state index in [9.17, 15) is 0 Å². The van der Waals surface area contributed by atoms with Crippen molar-refractivity contribution in [3.63, 3.8) is 0 Å². The van der Waals surface area contributed by atoms with Gasteiger partial charge < -0.3 is 15.2 Å². The van der Waals surface area contributed by atoms with Crippen LogP contribution in [0.25, 0.3) is 0 Å². The number of rotatable bonds is 10. The summed E-state index contributed by atoms with van der Waals surface area (Å²) in [6.07, 6.45) is 0.648. The predicted octanol–water partition coefficient (Wildman–Crippen LogP) is 3.21. The van der Waals surface area contributed by atoms with E-state index < -0.39 is 0 Å². The number of halogens is 1. The van der Waals surface area contributed by atoms with Gasteiger partial charge in [0.15, 0.2) is 11.8 Å². The standard InChI is InChI=1S/C20H31ClN6O/c1-5-22-20(23-13-12-19-25-15(4)26-28-19)24-14-18(27(6-2)7-3)16-10-8-9-11-17(16)21/h8-11,18H,5-7,12-14H2,1-4H3,(H2,22,23,24). The highest BCUT2D eigenvalue weighted by Crippen LogP contribution is 2.27. The number of aliphatic imine (C=N–C) groups is 1. The fourth-order valence-electron chi connectivity index (χ4n) is 3.07. The number of aromatic nitrogens is 2. The fourth-order valence-corrected chi connectivity index (χ4v) is 3.33. The molecule has 2 aromatic rings. The quantitative estimate of drug-likeness (QED) is 0.466. The van der Waals surface area contributed by atoms with Gasteiger partial charge in [0.1, 0.15) is 0 Å². The molecule has 1 heterocycles. The second-order valence-corrected chi connectivity index (χ2v) is 6.80. The predicted molar refractivity (Wildman–Crippen MR) is 114 cm³/mol. The fraction of sp³-hybridized carbons (Fsp3) is 0.550. The number of nitrogens with one attached hydrogen (secondary N) is 2. The monoisotopic (exact) mass is 406 g/mol. The van der Waals surface area contributed by atoms with Crippen LogP contribution in [-0.2, 0) is 6.42 Å². The topological polar surface area (TPSA) is 78.6 Å². The van der Waals surface area contributed by atoms with Gasteiger partial charge in [-0.15, -0.1) is 0 Å². The van der Waals surface area contributed by atoms with E-state index in [-0.39, 0.29) is 6.04 Å². The van der Waals surface area contributed by atoms with E-state index in [1.807, 2.05) is 25.1 Å². The van der Waals surface area contributed by atoms with Crippen LogP contribution in [0.3, 0.4) is 0 Å². The molecule has 28 heavy (non-hydrogen) atoms. The highest BCUT2D eigenvalue weighted by Gasteiger charge is 2.20. The minimum absolute atomic E-state index is 0.123. The summed E-state index contributed by atoms with van der Waals surface area (Å²) in [4.78, 5) is 11.4. The zero-order chi connectivity index (χ0) is 20.4. The first-order valence-electron chi connectivity index (χ1n) is 9.88. The van der Waals surface area contributed by atoms with Crippen molar-refractivity contribution in [3.8, 4) is 0 Å². The number of aryl methyl sites for hydroxylation is 1. The Morgan fingerprint density at radius 2 is 1.96 bits per heavy atom. The van der Waals surface area contributed by atoms with Crippen molar-refractivity contribution in [2.75, 3.05) is 32.7 Å². The van der Waals surface area contributed by atoms with Crippen LogP contribution < -0.4 is 10.6 Å². The van der Waals surface area contributed by atoms with Gasteiger partial charge in [-0.25, -0.2) is 0 Å². The van der Waals surface area contributed by atoms with Crippen molar-refractivity contribution in [1.29, 1.82) is 0 Å². The van der Waals surface area contributed by atoms with Gasteiger partial charge in [0.25, 0.3) is 0 Å². The summed E-state index contributed by atoms with van der Waals surface area (Å²) in [5, 5.41) is 11.2. The van der Waals surface area contributed by atoms with E-state index in [1.165, 1.54) is 0 Å². The molecule has 0 aliphatic heterocycles. The summed E-state index contributed by atoms with van der Waals surface area (Å²) >= 11 is 6.48. The van der Waals surface area contributed by atoms with Crippen LogP contribution in [0.15, 0.2) is 33.8 Å². The Morgan fingerprint density at radius 1 is 1.21 bits per heavy atom. The zero-order valence-electron chi connectivity index (χ0n) is 17.2. The number of hydrogen-bond acceptors (Lipinski definition) is 5. The molecule has 0 saturated heterocycles. The Kier molecular flexibility index (Phi) is 9.23. The summed E-state index contributed by atoms with van der Waals surface area (Å²) in [5.74, 6) is 2.04. The first-order valence-corrected chi connectivity index (χ1v) is 10.3. The minimum atomic E-state index is 0.123. The van der Waals surface area contributed by atoms with E-state index in [0.29, 0.717) is 31.2 Å². The lowest BCUT2D eigenvalue weighted by Gasteiger charge is -2.29. The van der Waals surface area contributed by atoms with Gasteiger partial charge in [-0.05, 0) is 38.6 Å². The SMILES string of the molecule is CCNC(=NCC(c1ccccc1Cl)N(CC)CC)NCCc1nc(C)no1. The third kappa shape index (κ3) is 6.49. The molecule has 0 radical (unpaired) electrons. The molecule has 1 aromatic heterocycles. The lowest BCUT2D eigenvalue weighted by atomic mass is 10.1. The lowest BCUT2D eigenvalue weighted by molar-refractivity contribution is 0.224. The van der Waals surface area contributed by atoms with Crippen LogP contribution in [0.1, 0.15) is 44.1 Å². The average molecular weight is 407 g/mol. The number of likely N-dealkylation sites (N-methyl/N-ethyl adjacent to an activating group) is 1. The number of hydrogen-bond donors (Lipinski definition) is 2. The molecule has 2 rings (SSSR count). The van der Waals surface area contributed by atoms with Crippen LogP contribution >= 0.6 is 11.6 Å². The molecule has 154 valence electrons. The van der Waals surface area contributed by atoms with E-state index in [4.69, 9.17) is 21.1 Å². The maximum absolute atomic E-state index is 6.48. The molecule has 8 heteroatoms. The van der Waals surface area contributed by atoms with Gasteiger partial charge in [-0.2, -0.15) is 4.98 Å². The minimum Gasteiger partial charge on any atom is -0.357 e. The van der Waals surface area contributed by atoms with Crippen molar-refractivity contribution in [1.82, 2.24) is 25.7 Å². The lowest BCUT2D eigenvalue weighted by Crippen LogP contribution is -2.39. The molecular weight excluding hydrogens is 376 g/mol. The molecule has 2 N–H and O–H groups in total. The Hall–Kier alpha value is -2.12. The Balaban J connectivity index is 2.08. The molecule has 0 bridgehead atoms. The third-order valence-electron chi connectivity index (χ3n) is 4.48. The Labute approximate surface area is 172 Å². The average Bonchev–Trinajstić information content (AvgIpc) is 3.11. The number of nitrogens with zero attached hydrogens (tertiary/aromatic N) is 4. The van der Waals surface area contributed by atoms with Crippen molar-refractivity contribution < 1.29 is 4.52 Å². The van der Waals surface area contributed by atoms with Gasteiger partial charge >= 0.3 is 0 Å². The van der Waals surface area contributed by atoms with Crippen LogP contribution in [0.2, 0.25) is 5.02 Å². The van der Waals surface area contributed by atoms with Crippen molar-refractivity contribution in [2.24, 2.45) is 4.99 Å². The van der Waals surface area contributed by atoms with Gasteiger partial charge in [0.05, 0.1) is 12.6 Å². The molecule has 7 nitrogen and oxygen atoms in total. The molecular formula is C20H31ClN6O. The third-order valence-corrected chi connectivity index (χ3v) is 4.83. The summed E-state index contributed by atoms with van der Waals surface area (Å²) < 4.78 is 5.15. The molecule has 1 unspecified atom stereocenters. The van der Waals surface area contributed by atoms with Gasteiger partial charge in [-0.1, -0.05) is 48.8 Å². The maximum atomic E-state index is 6.48. The maximum Gasteiger partial charge on any atom is 0.228 e. The van der Waals surface area contributed by atoms with Crippen molar-refractivity contribution in [2.45, 2.75) is 40.2 Å². The normalized spacial score (nSPS) is 13.0. The number of guanidine groups is 1. The van der Waals surface area contributed by atoms with Crippen LogP contribution in [0, 0.1) is 6.92 Å². The van der Waals surface area contributed by atoms with Crippen molar-refractivity contribution in [3.05, 3.63) is 46.6 Å². The summed E-state index contributed by atoms with van der Waals surface area (Å²) in [6.45, 7) is 12.1. The summed E-state index contributed by atoms with van der Waals surface area (Å²) in [5.41, 5.74) is 1.11. The summed E-state index contributed by atoms with van der Waals surface area (Å²) in [7, 11) is 0. The molecule has 1 atom stereocenters. The largest absolute Gasteiger partial charge is 0.357 e. The Morgan fingerprint density at radius 3 is 2.57 bits per heavy atom. The second kappa shape index (κ2) is 11.7. The smallest absolute Gasteiger partial charge is 0.228 e. The first kappa shape index (κ1) is 22.2. The number of benzene rings is 1. The molecule has 0 amide bonds. The van der Waals surface area contributed by atoms with E-state index in [1.54, 1.807) is 0 Å². The Bertz CT molecular complexity index is 744. The van der Waals surface area contributed by atoms with E-state index in [0.717, 1.165) is 36.2 Å². The van der Waals surface area contributed by atoms with Gasteiger partial charge in [-0.3, -0.25) is 9.89 Å². The van der Waals surface area contributed by atoms with E-state index >= 15 is 0 Å². The summed E-state index contributed by atoms with van der Waals surface area (Å²) in [6, 6.07) is 8.13. The van der Waals surface area contributed by atoms with Crippen molar-refractivity contribution >= 4 is 17.6 Å². The highest BCUT2D eigenvalue weighted by molar-refractivity contribution is 6.31. The van der Waals surface area contributed by atoms with E-state index in [2.05, 4.69) is 52.5 Å². The van der Waals surface area contributed by atoms with Crippen LogP contribution in [0.4, 0.5) is 0 Å². The van der Waals surface area contributed by atoms with Gasteiger partial charge in [0, 0.05) is 24.5 Å². The second-order valence-electron chi connectivity index (χ2n) is 6.39.